The standard InChI is InChI=1S/C20H20O3/c1-21-17-9-5-10-18(15-17)22-13-6-14-23-20-12-4-8-16-7-2-3-11-19(16)20/h2-5,7-12,15H,6,13-14H2,1H3. The molecule has 0 aliphatic heterocycles. The fraction of sp³-hybridized carbons (Fsp3) is 0.200. The van der Waals surface area contributed by atoms with Crippen molar-refractivity contribution < 1.29 is 14.2 Å². The van der Waals surface area contributed by atoms with Crippen LogP contribution in [0.5, 0.6) is 17.2 Å². The molecule has 3 nitrogen and oxygen atoms in total. The monoisotopic (exact) mass is 308 g/mol. The summed E-state index contributed by atoms with van der Waals surface area (Å²) in [5, 5.41) is 2.33. The fourth-order valence-corrected chi connectivity index (χ4v) is 2.44. The van der Waals surface area contributed by atoms with Crippen LogP contribution in [0.15, 0.2) is 66.7 Å². The van der Waals surface area contributed by atoms with E-state index in [1.165, 1.54) is 5.39 Å². The molecule has 3 heteroatoms. The lowest BCUT2D eigenvalue weighted by Gasteiger charge is -2.10. The van der Waals surface area contributed by atoms with Crippen molar-refractivity contribution in [3.05, 3.63) is 66.7 Å². The Balaban J connectivity index is 1.49. The highest BCUT2D eigenvalue weighted by atomic mass is 16.5. The van der Waals surface area contributed by atoms with E-state index in [9.17, 15) is 0 Å². The third-order valence-electron chi connectivity index (χ3n) is 3.61. The van der Waals surface area contributed by atoms with Crippen molar-refractivity contribution in [2.24, 2.45) is 0 Å². The number of rotatable bonds is 7. The minimum atomic E-state index is 0.609. The van der Waals surface area contributed by atoms with Gasteiger partial charge in [-0.25, -0.2) is 0 Å². The lowest BCUT2D eigenvalue weighted by atomic mass is 10.1. The Kier molecular flexibility index (Phi) is 4.99. The second-order valence-electron chi connectivity index (χ2n) is 5.21. The molecule has 0 saturated heterocycles. The van der Waals surface area contributed by atoms with Gasteiger partial charge < -0.3 is 14.2 Å². The molecule has 0 aliphatic carbocycles. The summed E-state index contributed by atoms with van der Waals surface area (Å²) >= 11 is 0. The average Bonchev–Trinajstić information content (AvgIpc) is 2.62. The Morgan fingerprint density at radius 2 is 1.48 bits per heavy atom. The largest absolute Gasteiger partial charge is 0.497 e. The molecule has 0 aliphatic rings. The van der Waals surface area contributed by atoms with Crippen molar-refractivity contribution >= 4 is 10.8 Å². The van der Waals surface area contributed by atoms with Gasteiger partial charge in [-0.1, -0.05) is 42.5 Å². The molecule has 0 bridgehead atoms. The molecule has 118 valence electrons. The van der Waals surface area contributed by atoms with Crippen molar-refractivity contribution in [2.45, 2.75) is 6.42 Å². The molecular weight excluding hydrogens is 288 g/mol. The molecule has 0 fully saturated rings. The number of fused-ring (bicyclic) bond motifs is 1. The third-order valence-corrected chi connectivity index (χ3v) is 3.61. The lowest BCUT2D eigenvalue weighted by Crippen LogP contribution is -2.05. The molecule has 0 spiro atoms. The van der Waals surface area contributed by atoms with Gasteiger partial charge in [0, 0.05) is 17.9 Å². The van der Waals surface area contributed by atoms with E-state index in [-0.39, 0.29) is 0 Å². The molecule has 0 radical (unpaired) electrons. The topological polar surface area (TPSA) is 27.7 Å². The maximum atomic E-state index is 5.90. The fourth-order valence-electron chi connectivity index (χ4n) is 2.44. The Morgan fingerprint density at radius 1 is 0.739 bits per heavy atom. The third kappa shape index (κ3) is 3.95. The van der Waals surface area contributed by atoms with Crippen LogP contribution in [0.4, 0.5) is 0 Å². The van der Waals surface area contributed by atoms with E-state index in [4.69, 9.17) is 14.2 Å². The second-order valence-corrected chi connectivity index (χ2v) is 5.21. The van der Waals surface area contributed by atoms with Crippen molar-refractivity contribution in [1.82, 2.24) is 0 Å². The number of ether oxygens (including phenoxy) is 3. The summed E-state index contributed by atoms with van der Waals surface area (Å²) in [6, 6.07) is 22.0. The van der Waals surface area contributed by atoms with Crippen LogP contribution in [0.2, 0.25) is 0 Å². The van der Waals surface area contributed by atoms with Gasteiger partial charge in [-0.15, -0.1) is 0 Å². The van der Waals surface area contributed by atoms with E-state index in [2.05, 4.69) is 18.2 Å². The van der Waals surface area contributed by atoms with Crippen LogP contribution in [-0.2, 0) is 0 Å². The van der Waals surface area contributed by atoms with E-state index >= 15 is 0 Å². The smallest absolute Gasteiger partial charge is 0.127 e. The quantitative estimate of drug-likeness (QED) is 0.592. The molecule has 0 aromatic heterocycles. The van der Waals surface area contributed by atoms with Crippen molar-refractivity contribution in [2.75, 3.05) is 20.3 Å². The Labute approximate surface area is 136 Å². The van der Waals surface area contributed by atoms with E-state index < -0.39 is 0 Å². The van der Waals surface area contributed by atoms with Gasteiger partial charge in [0.2, 0.25) is 0 Å². The Morgan fingerprint density at radius 3 is 2.39 bits per heavy atom. The predicted octanol–water partition coefficient (Wildman–Crippen LogP) is 4.70. The molecule has 0 N–H and O–H groups in total. The first kappa shape index (κ1) is 15.2. The predicted molar refractivity (Wildman–Crippen MR) is 92.5 cm³/mol. The minimum Gasteiger partial charge on any atom is -0.497 e. The average molecular weight is 308 g/mol. The summed E-state index contributed by atoms with van der Waals surface area (Å²) in [5.74, 6) is 2.54. The molecule has 0 heterocycles. The normalized spacial score (nSPS) is 10.5. The van der Waals surface area contributed by atoms with Gasteiger partial charge >= 0.3 is 0 Å². The van der Waals surface area contributed by atoms with Crippen LogP contribution in [0.3, 0.4) is 0 Å². The first-order valence-corrected chi connectivity index (χ1v) is 7.74. The van der Waals surface area contributed by atoms with Crippen molar-refractivity contribution in [1.29, 1.82) is 0 Å². The zero-order valence-corrected chi connectivity index (χ0v) is 13.2. The number of hydrogen-bond donors (Lipinski definition) is 0. The maximum Gasteiger partial charge on any atom is 0.127 e. The number of hydrogen-bond acceptors (Lipinski definition) is 3. The minimum absolute atomic E-state index is 0.609. The number of methoxy groups -OCH3 is 1. The first-order valence-electron chi connectivity index (χ1n) is 7.74. The van der Waals surface area contributed by atoms with Crippen LogP contribution >= 0.6 is 0 Å². The van der Waals surface area contributed by atoms with Gasteiger partial charge in [0.25, 0.3) is 0 Å². The van der Waals surface area contributed by atoms with E-state index in [1.807, 2.05) is 48.5 Å². The molecule has 0 atom stereocenters. The van der Waals surface area contributed by atoms with Crippen molar-refractivity contribution in [3.63, 3.8) is 0 Å². The summed E-state index contributed by atoms with van der Waals surface area (Å²) in [6.07, 6.45) is 0.820. The Bertz CT molecular complexity index is 762. The SMILES string of the molecule is COc1cccc(OCCCOc2cccc3ccccc23)c1. The molecule has 3 rings (SSSR count). The van der Waals surface area contributed by atoms with Crippen LogP contribution in [0.1, 0.15) is 6.42 Å². The highest BCUT2D eigenvalue weighted by Crippen LogP contribution is 2.25. The molecule has 0 amide bonds. The molecule has 3 aromatic rings. The van der Waals surface area contributed by atoms with Gasteiger partial charge in [0.05, 0.1) is 20.3 Å². The zero-order valence-electron chi connectivity index (χ0n) is 13.2. The number of benzene rings is 3. The highest BCUT2D eigenvalue weighted by Gasteiger charge is 2.01. The van der Waals surface area contributed by atoms with E-state index in [0.717, 1.165) is 29.1 Å². The molecule has 0 unspecified atom stereocenters. The van der Waals surface area contributed by atoms with Crippen LogP contribution < -0.4 is 14.2 Å². The van der Waals surface area contributed by atoms with Gasteiger partial charge in [0.15, 0.2) is 0 Å². The zero-order chi connectivity index (χ0) is 15.9. The summed E-state index contributed by atoms with van der Waals surface area (Å²) < 4.78 is 16.8. The molecule has 3 aromatic carbocycles. The van der Waals surface area contributed by atoms with Gasteiger partial charge in [0.1, 0.15) is 17.2 Å². The molecular formula is C20H20O3. The highest BCUT2D eigenvalue weighted by molar-refractivity contribution is 5.88. The van der Waals surface area contributed by atoms with E-state index in [0.29, 0.717) is 13.2 Å². The summed E-state index contributed by atoms with van der Waals surface area (Å²) in [6.45, 7) is 1.23. The van der Waals surface area contributed by atoms with Crippen LogP contribution in [0, 0.1) is 0 Å². The molecule has 23 heavy (non-hydrogen) atoms. The van der Waals surface area contributed by atoms with Crippen molar-refractivity contribution in [3.8, 4) is 17.2 Å². The summed E-state index contributed by atoms with van der Waals surface area (Å²) in [7, 11) is 1.65. The summed E-state index contributed by atoms with van der Waals surface area (Å²) in [4.78, 5) is 0. The first-order chi connectivity index (χ1) is 11.4. The van der Waals surface area contributed by atoms with Gasteiger partial charge in [-0.2, -0.15) is 0 Å². The maximum absolute atomic E-state index is 5.90. The summed E-state index contributed by atoms with van der Waals surface area (Å²) in [5.41, 5.74) is 0. The Hall–Kier alpha value is -2.68. The van der Waals surface area contributed by atoms with Crippen LogP contribution in [-0.4, -0.2) is 20.3 Å². The lowest BCUT2D eigenvalue weighted by molar-refractivity contribution is 0.248. The van der Waals surface area contributed by atoms with E-state index in [1.54, 1.807) is 7.11 Å². The second kappa shape index (κ2) is 7.54. The van der Waals surface area contributed by atoms with Crippen LogP contribution in [0.25, 0.3) is 10.8 Å². The molecule has 0 saturated carbocycles. The van der Waals surface area contributed by atoms with Gasteiger partial charge in [-0.05, 0) is 23.6 Å². The van der Waals surface area contributed by atoms with Gasteiger partial charge in [-0.3, -0.25) is 0 Å².